The second-order valence-electron chi connectivity index (χ2n) is 6.73. The summed E-state index contributed by atoms with van der Waals surface area (Å²) in [6.45, 7) is 8.99. The maximum absolute atomic E-state index is 5.52. The fraction of sp³-hybridized carbons (Fsp3) is 1.00. The fourth-order valence-electron chi connectivity index (χ4n) is 2.43. The van der Waals surface area contributed by atoms with Gasteiger partial charge in [0.1, 0.15) is 0 Å². The molecule has 0 aliphatic carbocycles. The lowest BCUT2D eigenvalue weighted by atomic mass is 10.1. The molecule has 22 heavy (non-hydrogen) atoms. The van der Waals surface area contributed by atoms with E-state index in [9.17, 15) is 0 Å². The van der Waals surface area contributed by atoms with Crippen molar-refractivity contribution in [3.63, 3.8) is 0 Å². The highest BCUT2D eigenvalue weighted by Crippen LogP contribution is 2.39. The number of hydrogen-bond acceptors (Lipinski definition) is 6. The van der Waals surface area contributed by atoms with Gasteiger partial charge in [0, 0.05) is 50.0 Å². The number of hydrogen-bond donors (Lipinski definition) is 0. The van der Waals surface area contributed by atoms with Gasteiger partial charge in [-0.2, -0.15) is 0 Å². The maximum Gasteiger partial charge on any atom is 0.326 e. The molecule has 134 valence electrons. The van der Waals surface area contributed by atoms with Gasteiger partial charge >= 0.3 is 18.6 Å². The van der Waals surface area contributed by atoms with Gasteiger partial charge in [0.25, 0.3) is 0 Å². The summed E-state index contributed by atoms with van der Waals surface area (Å²) >= 11 is 0. The van der Waals surface area contributed by atoms with E-state index in [0.29, 0.717) is 0 Å². The lowest BCUT2D eigenvalue weighted by molar-refractivity contribution is 0.245. The Morgan fingerprint density at radius 1 is 0.636 bits per heavy atom. The van der Waals surface area contributed by atoms with Gasteiger partial charge in [-0.15, -0.1) is 0 Å². The van der Waals surface area contributed by atoms with Gasteiger partial charge in [0.05, 0.1) is 0 Å². The Morgan fingerprint density at radius 3 is 1.14 bits per heavy atom. The Balaban J connectivity index is 3.95. The fourth-order valence-corrected chi connectivity index (χ4v) is 9.21. The van der Waals surface area contributed by atoms with Crippen molar-refractivity contribution in [1.82, 2.24) is 0 Å². The third-order valence-electron chi connectivity index (χ3n) is 3.88. The molecule has 0 aromatic rings. The molecule has 0 aromatic heterocycles. The SMILES string of the molecule is CO[SiH](OC)C(C)(C)CCSSCCC(C)(C)[SiH](OC)OC. The Hall–Kier alpha value is 0.974. The second-order valence-corrected chi connectivity index (χ2v) is 15.8. The first-order chi connectivity index (χ1) is 10.2. The van der Waals surface area contributed by atoms with E-state index in [-0.39, 0.29) is 10.1 Å². The van der Waals surface area contributed by atoms with E-state index in [1.807, 2.05) is 21.6 Å². The molecule has 0 aliphatic rings. The van der Waals surface area contributed by atoms with Crippen molar-refractivity contribution in [1.29, 1.82) is 0 Å². The van der Waals surface area contributed by atoms with Crippen LogP contribution in [0.15, 0.2) is 0 Å². The Labute approximate surface area is 148 Å². The molecule has 0 heterocycles. The first-order valence-electron chi connectivity index (χ1n) is 7.60. The van der Waals surface area contributed by atoms with Gasteiger partial charge in [-0.05, 0) is 12.8 Å². The van der Waals surface area contributed by atoms with Crippen LogP contribution < -0.4 is 0 Å². The van der Waals surface area contributed by atoms with Crippen LogP contribution >= 0.6 is 21.6 Å². The van der Waals surface area contributed by atoms with Gasteiger partial charge in [0.2, 0.25) is 0 Å². The summed E-state index contributed by atoms with van der Waals surface area (Å²) < 4.78 is 22.1. The predicted octanol–water partition coefficient (Wildman–Crippen LogP) is 3.74. The highest BCUT2D eigenvalue weighted by Gasteiger charge is 2.33. The summed E-state index contributed by atoms with van der Waals surface area (Å²) in [5, 5.41) is 0.334. The third kappa shape index (κ3) is 8.18. The van der Waals surface area contributed by atoms with Gasteiger partial charge in [-0.25, -0.2) is 0 Å². The second kappa shape index (κ2) is 11.5. The van der Waals surface area contributed by atoms with E-state index in [2.05, 4.69) is 27.7 Å². The minimum Gasteiger partial charge on any atom is -0.400 e. The zero-order valence-electron chi connectivity index (χ0n) is 15.4. The smallest absolute Gasteiger partial charge is 0.326 e. The molecule has 0 amide bonds. The monoisotopic (exact) mass is 386 g/mol. The Morgan fingerprint density at radius 2 is 0.909 bits per heavy atom. The molecule has 0 fully saturated rings. The largest absolute Gasteiger partial charge is 0.400 e. The maximum atomic E-state index is 5.52. The summed E-state index contributed by atoms with van der Waals surface area (Å²) in [4.78, 5) is 0. The van der Waals surface area contributed by atoms with E-state index in [1.165, 1.54) is 0 Å². The first-order valence-corrected chi connectivity index (χ1v) is 13.1. The van der Waals surface area contributed by atoms with Crippen molar-refractivity contribution in [3.05, 3.63) is 0 Å². The molecule has 4 nitrogen and oxygen atoms in total. The lowest BCUT2D eigenvalue weighted by Crippen LogP contribution is -2.33. The van der Waals surface area contributed by atoms with Crippen LogP contribution in [0.4, 0.5) is 0 Å². The first kappa shape index (κ1) is 23.0. The Kier molecular flexibility index (Phi) is 12.0. The van der Waals surface area contributed by atoms with Gasteiger partial charge in [-0.1, -0.05) is 49.3 Å². The Bertz CT molecular complexity index is 258. The quantitative estimate of drug-likeness (QED) is 0.273. The molecular formula is C14H34O4S2Si2. The zero-order chi connectivity index (χ0) is 17.2. The van der Waals surface area contributed by atoms with Gasteiger partial charge in [-0.3, -0.25) is 0 Å². The molecule has 0 atom stereocenters. The molecule has 0 saturated carbocycles. The molecule has 0 bridgehead atoms. The van der Waals surface area contributed by atoms with E-state index in [0.717, 1.165) is 24.3 Å². The van der Waals surface area contributed by atoms with E-state index >= 15 is 0 Å². The van der Waals surface area contributed by atoms with Crippen molar-refractivity contribution in [3.8, 4) is 0 Å². The topological polar surface area (TPSA) is 36.9 Å². The average molecular weight is 387 g/mol. The molecule has 0 N–H and O–H groups in total. The molecule has 0 aliphatic heterocycles. The average Bonchev–Trinajstić information content (AvgIpc) is 2.44. The molecule has 0 radical (unpaired) electrons. The van der Waals surface area contributed by atoms with Gasteiger partial charge in [0.15, 0.2) is 0 Å². The van der Waals surface area contributed by atoms with Crippen LogP contribution in [-0.2, 0) is 17.7 Å². The summed E-state index contributed by atoms with van der Waals surface area (Å²) in [6, 6.07) is 0. The van der Waals surface area contributed by atoms with Crippen molar-refractivity contribution >= 4 is 40.2 Å². The van der Waals surface area contributed by atoms with Crippen LogP contribution in [-0.4, -0.2) is 58.5 Å². The van der Waals surface area contributed by atoms with Gasteiger partial charge < -0.3 is 17.7 Å². The highest BCUT2D eigenvalue weighted by atomic mass is 33.1. The molecule has 0 unspecified atom stereocenters. The van der Waals surface area contributed by atoms with Crippen molar-refractivity contribution in [2.75, 3.05) is 39.9 Å². The third-order valence-corrected chi connectivity index (χ3v) is 11.1. The molecule has 0 spiro atoms. The van der Waals surface area contributed by atoms with E-state index in [4.69, 9.17) is 17.7 Å². The van der Waals surface area contributed by atoms with Crippen LogP contribution in [0.1, 0.15) is 40.5 Å². The summed E-state index contributed by atoms with van der Waals surface area (Å²) in [5.41, 5.74) is 0. The normalized spacial score (nSPS) is 13.4. The zero-order valence-corrected chi connectivity index (χ0v) is 19.4. The summed E-state index contributed by atoms with van der Waals surface area (Å²) in [7, 11) is 7.82. The predicted molar refractivity (Wildman–Crippen MR) is 105 cm³/mol. The minimum absolute atomic E-state index is 0.167. The highest BCUT2D eigenvalue weighted by molar-refractivity contribution is 8.76. The summed E-state index contributed by atoms with van der Waals surface area (Å²) in [6.07, 6.45) is 2.25. The van der Waals surface area contributed by atoms with Crippen molar-refractivity contribution in [2.45, 2.75) is 50.6 Å². The molecule has 8 heteroatoms. The van der Waals surface area contributed by atoms with Crippen LogP contribution in [0.25, 0.3) is 0 Å². The minimum atomic E-state index is -1.56. The van der Waals surface area contributed by atoms with E-state index < -0.39 is 18.6 Å². The molecule has 0 aromatic carbocycles. The van der Waals surface area contributed by atoms with Crippen LogP contribution in [0, 0.1) is 0 Å². The molecule has 0 saturated heterocycles. The standard InChI is InChI=1S/C14H34O4S2Si2/c1-13(2,21(15-5)16-6)9-11-19-20-12-10-14(3,4)22(17-7)18-8/h21-22H,9-12H2,1-8H3. The summed E-state index contributed by atoms with van der Waals surface area (Å²) in [5.74, 6) is 2.26. The number of rotatable bonds is 13. The van der Waals surface area contributed by atoms with Crippen LogP contribution in [0.2, 0.25) is 10.1 Å². The lowest BCUT2D eigenvalue weighted by Gasteiger charge is -2.30. The van der Waals surface area contributed by atoms with Crippen LogP contribution in [0.5, 0.6) is 0 Å². The van der Waals surface area contributed by atoms with Crippen LogP contribution in [0.3, 0.4) is 0 Å². The van der Waals surface area contributed by atoms with Crippen molar-refractivity contribution < 1.29 is 17.7 Å². The molecular weight excluding hydrogens is 352 g/mol. The van der Waals surface area contributed by atoms with E-state index in [1.54, 1.807) is 28.4 Å². The molecule has 0 rings (SSSR count). The van der Waals surface area contributed by atoms with Crippen molar-refractivity contribution in [2.24, 2.45) is 0 Å².